The highest BCUT2D eigenvalue weighted by molar-refractivity contribution is 6.04. The van der Waals surface area contributed by atoms with Crippen LogP contribution < -0.4 is 0 Å². The Bertz CT molecular complexity index is 1080. The lowest BCUT2D eigenvalue weighted by atomic mass is 9.72. The number of rotatable bonds is 9. The molecule has 4 rings (SSSR count). The van der Waals surface area contributed by atoms with E-state index in [4.69, 9.17) is 18.9 Å². The third kappa shape index (κ3) is 8.78. The smallest absolute Gasteiger partial charge is 0.319 e. The van der Waals surface area contributed by atoms with Crippen molar-refractivity contribution in [2.75, 3.05) is 55.0 Å². The molecule has 0 spiro atoms. The second-order valence-corrected chi connectivity index (χ2v) is 17.3. The molecule has 4 fully saturated rings. The molecule has 272 valence electrons. The highest BCUT2D eigenvalue weighted by Crippen LogP contribution is 2.42. The van der Waals surface area contributed by atoms with Crippen LogP contribution in [0.25, 0.3) is 0 Å². The van der Waals surface area contributed by atoms with Crippen molar-refractivity contribution >= 4 is 11.8 Å². The van der Waals surface area contributed by atoms with Crippen LogP contribution >= 0.6 is 0 Å². The third-order valence-electron chi connectivity index (χ3n) is 12.2. The maximum Gasteiger partial charge on any atom is 0.319 e. The summed E-state index contributed by atoms with van der Waals surface area (Å²) in [4.78, 5) is 35.0. The van der Waals surface area contributed by atoms with E-state index < -0.39 is 41.4 Å². The maximum atomic E-state index is 14.3. The second kappa shape index (κ2) is 15.0. The molecular formula is C37H67N3O7. The van der Waals surface area contributed by atoms with E-state index in [2.05, 4.69) is 37.7 Å². The zero-order valence-electron chi connectivity index (χ0n) is 31.6. The maximum absolute atomic E-state index is 14.3. The van der Waals surface area contributed by atoms with Crippen molar-refractivity contribution in [3.05, 3.63) is 0 Å². The van der Waals surface area contributed by atoms with Gasteiger partial charge in [-0.2, -0.15) is 0 Å². The fourth-order valence-electron chi connectivity index (χ4n) is 8.59. The molecule has 4 unspecified atom stereocenters. The van der Waals surface area contributed by atoms with Gasteiger partial charge in [0.1, 0.15) is 18.1 Å². The number of nitrogens with zero attached hydrogens (tertiary/aromatic N) is 3. The van der Waals surface area contributed by atoms with E-state index >= 15 is 0 Å². The van der Waals surface area contributed by atoms with Gasteiger partial charge < -0.3 is 33.9 Å². The highest BCUT2D eigenvalue weighted by atomic mass is 16.7. The van der Waals surface area contributed by atoms with Gasteiger partial charge in [-0.15, -0.1) is 0 Å². The van der Waals surface area contributed by atoms with Gasteiger partial charge in [-0.25, -0.2) is 0 Å². The van der Waals surface area contributed by atoms with E-state index in [9.17, 15) is 14.7 Å². The van der Waals surface area contributed by atoms with E-state index in [1.54, 1.807) is 27.9 Å². The van der Waals surface area contributed by atoms with Crippen LogP contribution in [0.4, 0.5) is 0 Å². The monoisotopic (exact) mass is 665 g/mol. The van der Waals surface area contributed by atoms with Crippen LogP contribution in [0, 0.1) is 29.1 Å². The number of ether oxygens (including phenoxy) is 4. The first kappa shape index (κ1) is 38.7. The van der Waals surface area contributed by atoms with Crippen molar-refractivity contribution < 1.29 is 33.6 Å². The fraction of sp³-hybridized carbons (Fsp3) is 0.946. The molecule has 1 N–H and O–H groups in total. The van der Waals surface area contributed by atoms with Gasteiger partial charge in [0.15, 0.2) is 12.1 Å². The molecule has 2 aliphatic carbocycles. The molecule has 2 saturated carbocycles. The van der Waals surface area contributed by atoms with Gasteiger partial charge in [-0.3, -0.25) is 14.5 Å². The van der Waals surface area contributed by atoms with E-state index in [0.29, 0.717) is 24.8 Å². The SMILES string of the molecule is COC1(C)CC(C)CN(C)C(C)(CC2CC(N(C)CC3CC3)C2)COC(=O)C(C)(C)C(=O)[C@H](C)C1O[C@@H]1O[C@H](C)C[C@H](N(C)C)[C@H]1O. The van der Waals surface area contributed by atoms with Crippen LogP contribution in [0.15, 0.2) is 0 Å². The summed E-state index contributed by atoms with van der Waals surface area (Å²) >= 11 is 0. The topological polar surface area (TPSA) is 101 Å². The Morgan fingerprint density at radius 3 is 2.21 bits per heavy atom. The largest absolute Gasteiger partial charge is 0.463 e. The first-order chi connectivity index (χ1) is 21.8. The minimum atomic E-state index is -1.41. The number of hydrogen-bond acceptors (Lipinski definition) is 10. The number of likely N-dealkylation sites (N-methyl/N-ethyl adjacent to an activating group) is 2. The zero-order valence-corrected chi connectivity index (χ0v) is 31.6. The van der Waals surface area contributed by atoms with Crippen LogP contribution in [0.2, 0.25) is 0 Å². The molecule has 10 nitrogen and oxygen atoms in total. The van der Waals surface area contributed by atoms with Gasteiger partial charge >= 0.3 is 5.97 Å². The predicted octanol–water partition coefficient (Wildman–Crippen LogP) is 4.22. The number of hydrogen-bond donors (Lipinski definition) is 1. The Kier molecular flexibility index (Phi) is 12.3. The first-order valence-electron chi connectivity index (χ1n) is 18.1. The Labute approximate surface area is 285 Å². The number of methoxy groups -OCH3 is 1. The molecule has 9 atom stereocenters. The quantitative estimate of drug-likeness (QED) is 0.285. The molecule has 0 amide bonds. The number of cyclic esters (lactones) is 1. The van der Waals surface area contributed by atoms with Gasteiger partial charge in [-0.1, -0.05) is 13.8 Å². The van der Waals surface area contributed by atoms with E-state index in [1.807, 2.05) is 32.8 Å². The highest BCUT2D eigenvalue weighted by Gasteiger charge is 2.52. The van der Waals surface area contributed by atoms with Gasteiger partial charge in [-0.05, 0) is 126 Å². The van der Waals surface area contributed by atoms with Crippen molar-refractivity contribution in [3.8, 4) is 0 Å². The summed E-state index contributed by atoms with van der Waals surface area (Å²) in [5.41, 5.74) is -2.71. The second-order valence-electron chi connectivity index (χ2n) is 17.3. The number of ketones is 1. The van der Waals surface area contributed by atoms with Crippen LogP contribution in [0.5, 0.6) is 0 Å². The summed E-state index contributed by atoms with van der Waals surface area (Å²) in [6.45, 7) is 15.7. The van der Waals surface area contributed by atoms with Gasteiger partial charge in [0.25, 0.3) is 0 Å². The third-order valence-corrected chi connectivity index (χ3v) is 12.2. The Balaban J connectivity index is 1.59. The van der Waals surface area contributed by atoms with E-state index in [0.717, 1.165) is 18.9 Å². The summed E-state index contributed by atoms with van der Waals surface area (Å²) < 4.78 is 25.2. The molecule has 0 aromatic heterocycles. The molecule has 4 aliphatic rings. The van der Waals surface area contributed by atoms with Crippen LogP contribution in [0.1, 0.15) is 93.4 Å². The molecule has 0 bridgehead atoms. The average Bonchev–Trinajstić information content (AvgIpc) is 3.79. The summed E-state index contributed by atoms with van der Waals surface area (Å²) in [6, 6.07) is 0.463. The minimum Gasteiger partial charge on any atom is -0.463 e. The lowest BCUT2D eigenvalue weighted by Crippen LogP contribution is -2.59. The number of Topliss-reactive ketones (excluding diaryl/α,β-unsaturated/α-hetero) is 1. The Hall–Kier alpha value is -1.14. The van der Waals surface area contributed by atoms with Crippen molar-refractivity contribution in [1.29, 1.82) is 0 Å². The van der Waals surface area contributed by atoms with Crippen molar-refractivity contribution in [2.45, 2.75) is 141 Å². The van der Waals surface area contributed by atoms with E-state index in [-0.39, 0.29) is 36.0 Å². The molecule has 2 aliphatic heterocycles. The lowest BCUT2D eigenvalue weighted by molar-refractivity contribution is -0.295. The summed E-state index contributed by atoms with van der Waals surface area (Å²) in [5, 5.41) is 11.4. The summed E-state index contributed by atoms with van der Waals surface area (Å²) in [6.07, 6.45) is 4.45. The molecule has 0 aromatic rings. The number of aliphatic hydroxyl groups is 1. The van der Waals surface area contributed by atoms with Crippen LogP contribution in [-0.4, -0.2) is 134 Å². The number of aliphatic hydroxyl groups excluding tert-OH is 1. The van der Waals surface area contributed by atoms with Crippen molar-refractivity contribution in [3.63, 3.8) is 0 Å². The van der Waals surface area contributed by atoms with E-state index in [1.165, 1.54) is 32.2 Å². The number of carbonyl (C=O) groups excluding carboxylic acids is 2. The molecule has 0 radical (unpaired) electrons. The zero-order chi connectivity index (χ0) is 35.1. The Morgan fingerprint density at radius 1 is 1.00 bits per heavy atom. The molecule has 47 heavy (non-hydrogen) atoms. The molecule has 10 heteroatoms. The van der Waals surface area contributed by atoms with Crippen LogP contribution in [-0.2, 0) is 28.5 Å². The molecule has 2 heterocycles. The number of esters is 1. The summed E-state index contributed by atoms with van der Waals surface area (Å²) in [5.74, 6) is 0.0579. The van der Waals surface area contributed by atoms with Crippen molar-refractivity contribution in [2.24, 2.45) is 29.1 Å². The normalized spacial score (nSPS) is 42.7. The molecule has 0 aromatic carbocycles. The van der Waals surface area contributed by atoms with Gasteiger partial charge in [0.2, 0.25) is 0 Å². The first-order valence-corrected chi connectivity index (χ1v) is 18.1. The standard InChI is InChI=1S/C37H67N3O7/c1-23-18-37(7,44-12)32(47-33-30(41)29(38(8)9)15-24(2)46-33)25(3)31(42)35(4,5)34(43)45-22-36(6,40(11)20-23)19-27-16-28(17-27)39(10)21-26-13-14-26/h23-30,32-33,41H,13-22H2,1-12H3/t23?,24-,25+,27?,28?,29+,30-,32?,33+,36?,37?/m1/s1. The minimum absolute atomic E-state index is 0.147. The summed E-state index contributed by atoms with van der Waals surface area (Å²) in [7, 11) is 9.92. The Morgan fingerprint density at radius 2 is 1.64 bits per heavy atom. The predicted molar refractivity (Wildman–Crippen MR) is 183 cm³/mol. The fourth-order valence-corrected chi connectivity index (χ4v) is 8.59. The van der Waals surface area contributed by atoms with Gasteiger partial charge in [0.05, 0.1) is 23.3 Å². The van der Waals surface area contributed by atoms with Crippen LogP contribution in [0.3, 0.4) is 0 Å². The van der Waals surface area contributed by atoms with Crippen molar-refractivity contribution in [1.82, 2.24) is 14.7 Å². The average molecular weight is 666 g/mol. The molecule has 2 saturated heterocycles. The van der Waals surface area contributed by atoms with Gasteiger partial charge in [0, 0.05) is 38.2 Å². The number of carbonyl (C=O) groups is 2. The lowest BCUT2D eigenvalue weighted by Gasteiger charge is -2.48. The molecular weight excluding hydrogens is 598 g/mol.